The molecule has 0 saturated carbocycles. The van der Waals surface area contributed by atoms with Crippen LogP contribution in [0.25, 0.3) is 0 Å². The molecule has 1 unspecified atom stereocenters. The molecule has 6 nitrogen and oxygen atoms in total. The van der Waals surface area contributed by atoms with Gasteiger partial charge in [0.1, 0.15) is 0 Å². The first-order valence-electron chi connectivity index (χ1n) is 5.75. The molecular formula is C12H12N4O2+. The van der Waals surface area contributed by atoms with E-state index in [9.17, 15) is 4.79 Å². The Balaban J connectivity index is 2.08. The van der Waals surface area contributed by atoms with Crippen LogP contribution in [0.5, 0.6) is 0 Å². The van der Waals surface area contributed by atoms with Crippen molar-refractivity contribution in [2.45, 2.75) is 0 Å². The minimum atomic E-state index is -0.0560. The number of nitrogens with zero attached hydrogens (tertiary/aromatic N) is 4. The van der Waals surface area contributed by atoms with Crippen molar-refractivity contribution in [1.82, 2.24) is 9.71 Å². The van der Waals surface area contributed by atoms with Crippen LogP contribution < -0.4 is 4.70 Å². The maximum absolute atomic E-state index is 10.9. The monoisotopic (exact) mass is 244 g/mol. The number of quaternary nitrogens is 1. The first kappa shape index (κ1) is 11.3. The normalized spacial score (nSPS) is 26.7. The molecule has 3 rings (SSSR count). The molecule has 18 heavy (non-hydrogen) atoms. The van der Waals surface area contributed by atoms with E-state index in [1.165, 1.54) is 6.20 Å². The van der Waals surface area contributed by atoms with E-state index in [0.717, 1.165) is 5.69 Å². The van der Waals surface area contributed by atoms with Crippen LogP contribution in [-0.4, -0.2) is 37.3 Å². The molecule has 0 N–H and O–H groups in total. The van der Waals surface area contributed by atoms with Gasteiger partial charge in [0.25, 0.3) is 0 Å². The predicted octanol–water partition coefficient (Wildman–Crippen LogP) is 1.40. The quantitative estimate of drug-likeness (QED) is 0.583. The van der Waals surface area contributed by atoms with Crippen LogP contribution in [0.3, 0.4) is 0 Å². The van der Waals surface area contributed by atoms with Crippen LogP contribution >= 0.6 is 0 Å². The molecule has 2 aliphatic rings. The van der Waals surface area contributed by atoms with E-state index in [0.29, 0.717) is 32.0 Å². The van der Waals surface area contributed by atoms with Crippen LogP contribution in [0.1, 0.15) is 0 Å². The van der Waals surface area contributed by atoms with Gasteiger partial charge < -0.3 is 4.74 Å². The molecule has 6 heteroatoms. The fourth-order valence-corrected chi connectivity index (χ4v) is 2.24. The Morgan fingerprint density at radius 1 is 1.50 bits per heavy atom. The van der Waals surface area contributed by atoms with Gasteiger partial charge in [0, 0.05) is 12.1 Å². The lowest BCUT2D eigenvalue weighted by molar-refractivity contribution is -0.0572. The summed E-state index contributed by atoms with van der Waals surface area (Å²) in [5, 5.41) is 10.4. The van der Waals surface area contributed by atoms with Crippen molar-refractivity contribution in [2.24, 2.45) is 10.3 Å². The standard InChI is InChI=1S/C12H12N4O2/c17-8-7-16(15-5-9-18-10-6-15)12-4-2-1-3-11(12)13-14-16/h1-2,4,7H,5-6,9-10H2/q+1. The number of carbonyl (C=O) groups excluding carboxylic acids is 1. The van der Waals surface area contributed by atoms with E-state index in [1.54, 1.807) is 6.07 Å². The minimum Gasteiger partial charge on any atom is -0.378 e. The molecule has 91 valence electrons. The zero-order valence-corrected chi connectivity index (χ0v) is 9.74. The van der Waals surface area contributed by atoms with Gasteiger partial charge in [0.05, 0.1) is 31.5 Å². The lowest BCUT2D eigenvalue weighted by atomic mass is 10.2. The predicted molar refractivity (Wildman–Crippen MR) is 64.2 cm³/mol. The molecule has 0 aromatic heterocycles. The largest absolute Gasteiger partial charge is 0.378 e. The highest BCUT2D eigenvalue weighted by atomic mass is 16.5. The second kappa shape index (κ2) is 4.44. The van der Waals surface area contributed by atoms with Gasteiger partial charge in [0.2, 0.25) is 11.9 Å². The fraction of sp³-hybridized carbons (Fsp3) is 0.333. The average Bonchev–Trinajstić information content (AvgIpc) is 2.81. The highest BCUT2D eigenvalue weighted by molar-refractivity contribution is 5.68. The minimum absolute atomic E-state index is 0.0560. The highest BCUT2D eigenvalue weighted by Crippen LogP contribution is 2.42. The molecule has 1 atom stereocenters. The van der Waals surface area contributed by atoms with E-state index < -0.39 is 0 Å². The van der Waals surface area contributed by atoms with Gasteiger partial charge in [0.15, 0.2) is 11.6 Å². The summed E-state index contributed by atoms with van der Waals surface area (Å²) in [6.45, 7) is 2.61. The molecule has 0 aliphatic carbocycles. The summed E-state index contributed by atoms with van der Waals surface area (Å²) in [6.07, 6.45) is 1.37. The number of benzene rings is 1. The molecule has 1 fully saturated rings. The van der Waals surface area contributed by atoms with Crippen molar-refractivity contribution in [3.8, 4) is 0 Å². The fourth-order valence-electron chi connectivity index (χ4n) is 2.24. The molecule has 1 radical (unpaired) electrons. The Morgan fingerprint density at radius 3 is 3.11 bits per heavy atom. The van der Waals surface area contributed by atoms with Gasteiger partial charge in [-0.3, -0.25) is 0 Å². The zero-order chi connectivity index (χ0) is 12.4. The van der Waals surface area contributed by atoms with E-state index in [4.69, 9.17) is 4.74 Å². The smallest absolute Gasteiger partial charge is 0.234 e. The van der Waals surface area contributed by atoms with Crippen molar-refractivity contribution in [3.05, 3.63) is 30.5 Å². The molecular weight excluding hydrogens is 232 g/mol. The van der Waals surface area contributed by atoms with E-state index in [-0.39, 0.29) is 4.70 Å². The van der Waals surface area contributed by atoms with Crippen LogP contribution in [0.2, 0.25) is 0 Å². The first-order valence-corrected chi connectivity index (χ1v) is 5.75. The molecule has 1 saturated heterocycles. The van der Waals surface area contributed by atoms with Crippen molar-refractivity contribution in [3.63, 3.8) is 0 Å². The molecule has 1 aromatic carbocycles. The SMILES string of the molecule is O=C=C[N+]1(N2CCOCC2)N=Nc2[c]cccc21. The van der Waals surface area contributed by atoms with Crippen LogP contribution in [0, 0.1) is 6.07 Å². The molecule has 0 spiro atoms. The van der Waals surface area contributed by atoms with E-state index in [1.807, 2.05) is 23.1 Å². The van der Waals surface area contributed by atoms with Crippen molar-refractivity contribution >= 4 is 17.3 Å². The van der Waals surface area contributed by atoms with Crippen LogP contribution in [0.15, 0.2) is 34.7 Å². The maximum atomic E-state index is 10.9. The van der Waals surface area contributed by atoms with Gasteiger partial charge in [-0.2, -0.15) is 0 Å². The first-order chi connectivity index (χ1) is 8.87. The zero-order valence-electron chi connectivity index (χ0n) is 9.74. The topological polar surface area (TPSA) is 54.3 Å². The molecule has 0 amide bonds. The number of fused-ring (bicyclic) bond motifs is 1. The molecule has 2 heterocycles. The Hall–Kier alpha value is -1.85. The molecule has 0 bridgehead atoms. The average molecular weight is 244 g/mol. The van der Waals surface area contributed by atoms with Gasteiger partial charge >= 0.3 is 0 Å². The highest BCUT2D eigenvalue weighted by Gasteiger charge is 2.45. The van der Waals surface area contributed by atoms with Crippen LogP contribution in [-0.2, 0) is 9.53 Å². The second-order valence-corrected chi connectivity index (χ2v) is 4.06. The van der Waals surface area contributed by atoms with E-state index >= 15 is 0 Å². The number of hydrogen-bond donors (Lipinski definition) is 0. The third-order valence-corrected chi connectivity index (χ3v) is 3.10. The Kier molecular flexibility index (Phi) is 2.77. The Bertz CT molecular complexity index is 533. The van der Waals surface area contributed by atoms with Crippen LogP contribution in [0.4, 0.5) is 11.4 Å². The van der Waals surface area contributed by atoms with Gasteiger partial charge in [-0.1, -0.05) is 17.2 Å². The summed E-state index contributed by atoms with van der Waals surface area (Å²) < 4.78 is 5.27. The third-order valence-electron chi connectivity index (χ3n) is 3.10. The van der Waals surface area contributed by atoms with Crippen molar-refractivity contribution in [1.29, 1.82) is 0 Å². The van der Waals surface area contributed by atoms with E-state index in [2.05, 4.69) is 16.4 Å². The molecule has 1 aromatic rings. The maximum Gasteiger partial charge on any atom is 0.234 e. The summed E-state index contributed by atoms with van der Waals surface area (Å²) in [7, 11) is 0. The lowest BCUT2D eigenvalue weighted by Gasteiger charge is -2.34. The Morgan fingerprint density at radius 2 is 2.33 bits per heavy atom. The second-order valence-electron chi connectivity index (χ2n) is 4.06. The number of rotatable bonds is 2. The Labute approximate surface area is 104 Å². The lowest BCUT2D eigenvalue weighted by Crippen LogP contribution is -2.57. The third kappa shape index (κ3) is 1.60. The summed E-state index contributed by atoms with van der Waals surface area (Å²) in [4.78, 5) is 10.9. The number of morpholine rings is 1. The van der Waals surface area contributed by atoms with Gasteiger partial charge in [-0.15, -0.1) is 5.01 Å². The summed E-state index contributed by atoms with van der Waals surface area (Å²) in [5.74, 6) is 1.84. The number of hydrogen-bond acceptors (Lipinski definition) is 5. The summed E-state index contributed by atoms with van der Waals surface area (Å²) in [6, 6.07) is 8.56. The summed E-state index contributed by atoms with van der Waals surface area (Å²) in [5.41, 5.74) is 1.48. The van der Waals surface area contributed by atoms with Gasteiger partial charge in [-0.25, -0.2) is 4.79 Å². The van der Waals surface area contributed by atoms with Gasteiger partial charge in [-0.05, 0) is 4.70 Å². The summed E-state index contributed by atoms with van der Waals surface area (Å²) >= 11 is 0. The van der Waals surface area contributed by atoms with Crippen molar-refractivity contribution in [2.75, 3.05) is 26.3 Å². The van der Waals surface area contributed by atoms with Crippen molar-refractivity contribution < 1.29 is 9.53 Å². The molecule has 2 aliphatic heterocycles. The number of ether oxygens (including phenoxy) is 1.